The number of benzene rings is 1. The fourth-order valence-electron chi connectivity index (χ4n) is 5.05. The maximum Gasteiger partial charge on any atom is 0.433 e. The van der Waals surface area contributed by atoms with Gasteiger partial charge in [-0.2, -0.15) is 18.3 Å². The highest BCUT2D eigenvalue weighted by Crippen LogP contribution is 2.43. The summed E-state index contributed by atoms with van der Waals surface area (Å²) in [6, 6.07) is 8.68. The molecule has 0 aliphatic carbocycles. The van der Waals surface area contributed by atoms with E-state index in [1.54, 1.807) is 17.0 Å². The lowest BCUT2D eigenvalue weighted by Crippen LogP contribution is -2.46. The third-order valence-corrected chi connectivity index (χ3v) is 6.37. The molecule has 2 aliphatic heterocycles. The van der Waals surface area contributed by atoms with Gasteiger partial charge < -0.3 is 4.90 Å². The molecule has 31 heavy (non-hydrogen) atoms. The zero-order valence-corrected chi connectivity index (χ0v) is 16.7. The quantitative estimate of drug-likeness (QED) is 0.550. The summed E-state index contributed by atoms with van der Waals surface area (Å²) in [6.07, 6.45) is -1.44. The minimum Gasteiger partial charge on any atom is -0.331 e. The fraction of sp³-hybridized carbons (Fsp3) is 0.409. The summed E-state index contributed by atoms with van der Waals surface area (Å²) in [6.45, 7) is 1.48. The molecule has 1 amide bonds. The molecule has 162 valence electrons. The number of aryl methyl sites for hydroxylation is 1. The van der Waals surface area contributed by atoms with Gasteiger partial charge in [-0.15, -0.1) is 0 Å². The number of hydrogen-bond acceptors (Lipinski definition) is 3. The predicted octanol–water partition coefficient (Wildman–Crippen LogP) is 4.75. The molecule has 2 aromatic heterocycles. The van der Waals surface area contributed by atoms with Gasteiger partial charge in [0.1, 0.15) is 11.5 Å². The van der Waals surface area contributed by atoms with Crippen molar-refractivity contribution in [2.75, 3.05) is 0 Å². The Morgan fingerprint density at radius 2 is 1.71 bits per heavy atom. The Hall–Kier alpha value is -2.97. The van der Waals surface area contributed by atoms with E-state index in [0.717, 1.165) is 37.3 Å². The number of halogens is 4. The topological polar surface area (TPSA) is 50.5 Å². The lowest BCUT2D eigenvalue weighted by atomic mass is 9.85. The summed E-state index contributed by atoms with van der Waals surface area (Å²) in [4.78, 5) is 19.1. The molecule has 5 rings (SSSR count). The first kappa shape index (κ1) is 20.0. The zero-order valence-electron chi connectivity index (χ0n) is 16.7. The fourth-order valence-corrected chi connectivity index (χ4v) is 5.05. The van der Waals surface area contributed by atoms with Crippen molar-refractivity contribution in [3.63, 3.8) is 0 Å². The van der Waals surface area contributed by atoms with Gasteiger partial charge >= 0.3 is 6.18 Å². The van der Waals surface area contributed by atoms with E-state index in [9.17, 15) is 22.4 Å². The van der Waals surface area contributed by atoms with E-state index in [1.165, 1.54) is 25.1 Å². The highest BCUT2D eigenvalue weighted by molar-refractivity contribution is 5.94. The van der Waals surface area contributed by atoms with Crippen LogP contribution in [0.4, 0.5) is 17.6 Å². The van der Waals surface area contributed by atoms with Crippen LogP contribution in [0.25, 0.3) is 5.65 Å². The molecule has 5 nitrogen and oxygen atoms in total. The van der Waals surface area contributed by atoms with Gasteiger partial charge in [-0.05, 0) is 62.3 Å². The Labute approximate surface area is 175 Å². The Kier molecular flexibility index (Phi) is 4.53. The van der Waals surface area contributed by atoms with Gasteiger partial charge in [-0.3, -0.25) is 4.79 Å². The molecule has 0 spiro atoms. The minimum atomic E-state index is -4.61. The third kappa shape index (κ3) is 3.45. The molecule has 2 atom stereocenters. The summed E-state index contributed by atoms with van der Waals surface area (Å²) < 4.78 is 54.2. The van der Waals surface area contributed by atoms with Crippen molar-refractivity contribution >= 4 is 11.6 Å². The van der Waals surface area contributed by atoms with Gasteiger partial charge in [-0.1, -0.05) is 12.1 Å². The van der Waals surface area contributed by atoms with Crippen molar-refractivity contribution in [1.29, 1.82) is 0 Å². The smallest absolute Gasteiger partial charge is 0.331 e. The van der Waals surface area contributed by atoms with Gasteiger partial charge in [0.25, 0.3) is 5.91 Å². The van der Waals surface area contributed by atoms with Crippen molar-refractivity contribution in [1.82, 2.24) is 19.5 Å². The number of aromatic nitrogens is 3. The molecule has 2 bridgehead atoms. The molecule has 0 saturated carbocycles. The van der Waals surface area contributed by atoms with Crippen LogP contribution in [0.2, 0.25) is 0 Å². The molecular formula is C22H20F4N4O. The third-order valence-electron chi connectivity index (χ3n) is 6.37. The van der Waals surface area contributed by atoms with Gasteiger partial charge in [0.15, 0.2) is 11.3 Å². The molecular weight excluding hydrogens is 412 g/mol. The normalized spacial score (nSPS) is 23.5. The standard InChI is InChI=1S/C22H20F4N4O/c1-12-8-19(22(24,25)26)30-20(27-12)11-18(28-30)21(31)29-16-6-7-17(29)10-14(9-16)13-2-4-15(23)5-3-13/h2-5,8,11,14,16-17H,6-7,9-10H2,1H3/t16-,17-/m1/s1. The molecule has 0 radical (unpaired) electrons. The monoisotopic (exact) mass is 432 g/mol. The van der Waals surface area contributed by atoms with E-state index in [0.29, 0.717) is 4.52 Å². The molecule has 2 fully saturated rings. The summed E-state index contributed by atoms with van der Waals surface area (Å²) in [5.74, 6) is -0.418. The molecule has 1 aromatic carbocycles. The first-order valence-corrected chi connectivity index (χ1v) is 10.2. The van der Waals surface area contributed by atoms with E-state index < -0.39 is 11.9 Å². The van der Waals surface area contributed by atoms with Crippen LogP contribution < -0.4 is 0 Å². The van der Waals surface area contributed by atoms with Gasteiger partial charge in [0.05, 0.1) is 0 Å². The lowest BCUT2D eigenvalue weighted by molar-refractivity contribution is -0.142. The largest absolute Gasteiger partial charge is 0.433 e. The predicted molar refractivity (Wildman–Crippen MR) is 104 cm³/mol. The first-order chi connectivity index (χ1) is 14.7. The Morgan fingerprint density at radius 3 is 2.32 bits per heavy atom. The molecule has 2 saturated heterocycles. The van der Waals surface area contributed by atoms with E-state index in [1.807, 2.05) is 0 Å². The number of piperidine rings is 1. The molecule has 2 aliphatic rings. The minimum absolute atomic E-state index is 0.00391. The average molecular weight is 432 g/mol. The Morgan fingerprint density at radius 1 is 1.06 bits per heavy atom. The zero-order chi connectivity index (χ0) is 21.9. The van der Waals surface area contributed by atoms with Gasteiger partial charge in [0.2, 0.25) is 0 Å². The van der Waals surface area contributed by atoms with Crippen LogP contribution in [0.5, 0.6) is 0 Å². The van der Waals surface area contributed by atoms with Crippen LogP contribution in [-0.4, -0.2) is 37.5 Å². The van der Waals surface area contributed by atoms with Crippen LogP contribution in [0.15, 0.2) is 36.4 Å². The average Bonchev–Trinajstić information content (AvgIpc) is 3.24. The van der Waals surface area contributed by atoms with Crippen LogP contribution in [0.3, 0.4) is 0 Å². The van der Waals surface area contributed by atoms with E-state index >= 15 is 0 Å². The van der Waals surface area contributed by atoms with E-state index in [4.69, 9.17) is 0 Å². The van der Waals surface area contributed by atoms with E-state index in [-0.39, 0.29) is 46.8 Å². The number of carbonyl (C=O) groups is 1. The van der Waals surface area contributed by atoms with Crippen LogP contribution >= 0.6 is 0 Å². The van der Waals surface area contributed by atoms with Crippen molar-refractivity contribution in [3.8, 4) is 0 Å². The van der Waals surface area contributed by atoms with Gasteiger partial charge in [0, 0.05) is 23.8 Å². The summed E-state index contributed by atoms with van der Waals surface area (Å²) in [5, 5.41) is 3.98. The summed E-state index contributed by atoms with van der Waals surface area (Å²) >= 11 is 0. The Bertz CT molecular complexity index is 1140. The first-order valence-electron chi connectivity index (χ1n) is 10.2. The molecule has 0 unspecified atom stereocenters. The number of amides is 1. The van der Waals surface area contributed by atoms with Crippen molar-refractivity contribution in [3.05, 3.63) is 64.9 Å². The lowest BCUT2D eigenvalue weighted by Gasteiger charge is -2.39. The molecule has 3 aromatic rings. The second-order valence-electron chi connectivity index (χ2n) is 8.40. The SMILES string of the molecule is Cc1cc(C(F)(F)F)n2nc(C(=O)N3[C@@H]4CC[C@@H]3CC(c3ccc(F)cc3)C4)cc2n1. The highest BCUT2D eigenvalue weighted by atomic mass is 19.4. The number of rotatable bonds is 2. The number of carbonyl (C=O) groups excluding carboxylic acids is 1. The number of fused-ring (bicyclic) bond motifs is 3. The second kappa shape index (κ2) is 7.03. The molecule has 4 heterocycles. The maximum atomic E-state index is 13.4. The number of nitrogens with zero attached hydrogens (tertiary/aromatic N) is 4. The van der Waals surface area contributed by atoms with Crippen molar-refractivity contribution in [2.45, 2.75) is 56.8 Å². The van der Waals surface area contributed by atoms with E-state index in [2.05, 4.69) is 10.1 Å². The number of hydrogen-bond donors (Lipinski definition) is 0. The van der Waals surface area contributed by atoms with Crippen LogP contribution in [-0.2, 0) is 6.18 Å². The Balaban J connectivity index is 1.43. The van der Waals surface area contributed by atoms with Crippen molar-refractivity contribution in [2.24, 2.45) is 0 Å². The molecule has 0 N–H and O–H groups in total. The maximum absolute atomic E-state index is 13.4. The summed E-state index contributed by atoms with van der Waals surface area (Å²) in [7, 11) is 0. The van der Waals surface area contributed by atoms with Crippen LogP contribution in [0.1, 0.15) is 59.0 Å². The van der Waals surface area contributed by atoms with Crippen LogP contribution in [0, 0.1) is 12.7 Å². The highest BCUT2D eigenvalue weighted by Gasteiger charge is 2.44. The summed E-state index contributed by atoms with van der Waals surface area (Å²) in [5.41, 5.74) is 0.281. The molecule has 9 heteroatoms. The number of alkyl halides is 3. The second-order valence-corrected chi connectivity index (χ2v) is 8.40. The van der Waals surface area contributed by atoms with Gasteiger partial charge in [-0.25, -0.2) is 13.9 Å². The van der Waals surface area contributed by atoms with Crippen molar-refractivity contribution < 1.29 is 22.4 Å².